The molecule has 4 aromatic rings. The predicted octanol–water partition coefficient (Wildman–Crippen LogP) is 9.67. The van der Waals surface area contributed by atoms with Gasteiger partial charge in [0.2, 0.25) is 0 Å². The van der Waals surface area contributed by atoms with Crippen LogP contribution in [0, 0.1) is 128 Å². The van der Waals surface area contributed by atoms with Gasteiger partial charge in [0.05, 0.1) is 17.6 Å². The second kappa shape index (κ2) is 18.1. The zero-order chi connectivity index (χ0) is 48.5. The zero-order valence-electron chi connectivity index (χ0n) is 34.2. The van der Waals surface area contributed by atoms with Crippen molar-refractivity contribution in [3.05, 3.63) is 116 Å². The molecule has 64 heavy (non-hydrogen) atoms. The number of nitrogens with one attached hydrogen (secondary N) is 1. The second-order valence-electron chi connectivity index (χ2n) is 16.8. The maximum atomic E-state index is 15.4. The van der Waals surface area contributed by atoms with Gasteiger partial charge in [-0.3, -0.25) is 0 Å². The molecule has 4 atom stereocenters. The minimum atomic E-state index is -7.22. The normalized spacial score (nSPS) is 22.1. The summed E-state index contributed by atoms with van der Waals surface area (Å²) in [4.78, 5) is 1.93. The van der Waals surface area contributed by atoms with E-state index in [0.29, 0.717) is 11.1 Å². The lowest BCUT2D eigenvalue weighted by Crippen LogP contribution is -3.27. The van der Waals surface area contributed by atoms with E-state index in [2.05, 4.69) is 34.6 Å². The largest absolute Gasteiger partial charge is 0.325 e. The Kier molecular flexibility index (Phi) is 14.3. The first-order valence-electron chi connectivity index (χ1n) is 19.8. The fraction of sp³-hybridized carbons (Fsp3) is 0.429. The molecule has 0 radical (unpaired) electrons. The summed E-state index contributed by atoms with van der Waals surface area (Å²) >= 11 is 0. The van der Waals surface area contributed by atoms with Gasteiger partial charge in [-0.05, 0) is 46.5 Å². The molecule has 2 saturated carbocycles. The Hall–Kier alpha value is -4.50. The molecular formula is C42H36BF20N. The van der Waals surface area contributed by atoms with Crippen LogP contribution in [0.2, 0.25) is 0 Å². The number of quaternary nitrogens is 1. The minimum absolute atomic E-state index is 0.521. The molecule has 0 spiro atoms. The van der Waals surface area contributed by atoms with Gasteiger partial charge in [0.1, 0.15) is 52.7 Å². The van der Waals surface area contributed by atoms with Gasteiger partial charge in [-0.15, -0.1) is 21.9 Å². The molecule has 0 bridgehead atoms. The van der Waals surface area contributed by atoms with E-state index < -0.39 is 144 Å². The van der Waals surface area contributed by atoms with Crippen molar-refractivity contribution >= 4 is 28.0 Å². The monoisotopic (exact) mass is 945 g/mol. The summed E-state index contributed by atoms with van der Waals surface area (Å²) in [5, 5.41) is 0. The molecule has 1 N–H and O–H groups in total. The molecular weight excluding hydrogens is 909 g/mol. The fourth-order valence-electron chi connectivity index (χ4n) is 10.2. The van der Waals surface area contributed by atoms with Crippen LogP contribution in [-0.4, -0.2) is 23.8 Å². The lowest BCUT2D eigenvalue weighted by molar-refractivity contribution is -1.01. The zero-order valence-corrected chi connectivity index (χ0v) is 34.2. The van der Waals surface area contributed by atoms with Gasteiger partial charge >= 0.3 is 0 Å². The van der Waals surface area contributed by atoms with Gasteiger partial charge in [-0.1, -0.05) is 26.7 Å². The Bertz CT molecular complexity index is 2080. The van der Waals surface area contributed by atoms with E-state index >= 15 is 35.1 Å². The lowest BCUT2D eigenvalue weighted by atomic mass is 9.12. The van der Waals surface area contributed by atoms with Crippen LogP contribution < -0.4 is 26.8 Å². The van der Waals surface area contributed by atoms with Gasteiger partial charge in [0.15, 0.2) is 69.8 Å². The summed E-state index contributed by atoms with van der Waals surface area (Å²) in [5.41, 5.74) is -13.3. The molecule has 4 unspecified atom stereocenters. The summed E-state index contributed by atoms with van der Waals surface area (Å²) in [6.45, 7) is 14.0. The molecule has 2 fully saturated rings. The van der Waals surface area contributed by atoms with E-state index in [4.69, 9.17) is 0 Å². The first-order valence-corrected chi connectivity index (χ1v) is 19.8. The SMILES string of the molecule is CC[NH+](C1(C)CCCCC1C)C1(C)CCCCC1C.Fc1c(F)c(F)c([B-](c2c(F)c(F)c(F)c(F)c2F)(c2c(F)c(F)c(F)c(F)c2F)c2c(F)c(F)c(F)c(F)c2F)c(F)c1F. The molecule has 0 aromatic heterocycles. The first kappa shape index (κ1) is 50.5. The standard InChI is InChI=1S/C24BF20.C18H35N/c26-5-1(6(27)14(35)21(42)13(5)34)25(2-7(28)15(36)22(43)16(37)8(2)29,3-9(30)17(38)23(44)18(39)10(3)31)4-11(32)19(40)24(45)20(41)12(4)33;1-6-19(17(4)13-9-7-11-15(17)2)18(5)14-10-8-12-16(18)3/h;15-16H,6-14H2,1-5H3/q-1;/p+1. The minimum Gasteiger partial charge on any atom is -0.325 e. The summed E-state index contributed by atoms with van der Waals surface area (Å²) in [6.07, 6.45) is 4.39. The van der Waals surface area contributed by atoms with Crippen LogP contribution >= 0.6 is 0 Å². The molecule has 352 valence electrons. The van der Waals surface area contributed by atoms with Crippen LogP contribution in [0.15, 0.2) is 0 Å². The van der Waals surface area contributed by atoms with Crippen molar-refractivity contribution in [2.24, 2.45) is 11.8 Å². The summed E-state index contributed by atoms with van der Waals surface area (Å²) in [5.74, 6) is -69.6. The van der Waals surface area contributed by atoms with Crippen molar-refractivity contribution in [1.82, 2.24) is 0 Å². The molecule has 2 aliphatic rings. The van der Waals surface area contributed by atoms with E-state index in [-0.39, 0.29) is 0 Å². The van der Waals surface area contributed by atoms with Gasteiger partial charge in [-0.25, -0.2) is 87.8 Å². The Balaban J connectivity index is 0.000000337. The van der Waals surface area contributed by atoms with Crippen LogP contribution in [0.5, 0.6) is 0 Å². The quantitative estimate of drug-likeness (QED) is 0.0816. The van der Waals surface area contributed by atoms with Gasteiger partial charge in [0.25, 0.3) is 0 Å². The van der Waals surface area contributed by atoms with Crippen molar-refractivity contribution < 1.29 is 92.7 Å². The van der Waals surface area contributed by atoms with Crippen LogP contribution in [0.4, 0.5) is 87.8 Å². The van der Waals surface area contributed by atoms with E-state index in [1.165, 1.54) is 57.9 Å². The van der Waals surface area contributed by atoms with Crippen molar-refractivity contribution in [2.45, 2.75) is 97.1 Å². The summed E-state index contributed by atoms with van der Waals surface area (Å²) in [6, 6.07) is 0. The van der Waals surface area contributed by atoms with E-state index in [1.54, 1.807) is 0 Å². The lowest BCUT2D eigenvalue weighted by Gasteiger charge is -2.55. The summed E-state index contributed by atoms with van der Waals surface area (Å²) in [7, 11) is 0. The number of halogens is 20. The molecule has 0 saturated heterocycles. The second-order valence-corrected chi connectivity index (χ2v) is 16.8. The third kappa shape index (κ3) is 7.40. The van der Waals surface area contributed by atoms with Gasteiger partial charge < -0.3 is 4.90 Å². The van der Waals surface area contributed by atoms with Crippen molar-refractivity contribution in [2.75, 3.05) is 6.54 Å². The first-order chi connectivity index (χ1) is 29.7. The Morgan fingerprint density at radius 1 is 0.359 bits per heavy atom. The number of hydrogen-bond acceptors (Lipinski definition) is 0. The van der Waals surface area contributed by atoms with Crippen LogP contribution in [0.25, 0.3) is 0 Å². The molecule has 4 aromatic carbocycles. The van der Waals surface area contributed by atoms with Crippen molar-refractivity contribution in [3.63, 3.8) is 0 Å². The van der Waals surface area contributed by atoms with Gasteiger partial charge in [0, 0.05) is 24.7 Å². The smallest absolute Gasteiger partial charge is 0.200 e. The predicted molar refractivity (Wildman–Crippen MR) is 193 cm³/mol. The molecule has 22 heteroatoms. The van der Waals surface area contributed by atoms with E-state index in [9.17, 15) is 52.7 Å². The molecule has 0 aliphatic heterocycles. The number of benzene rings is 4. The fourth-order valence-corrected chi connectivity index (χ4v) is 10.2. The number of rotatable bonds is 7. The topological polar surface area (TPSA) is 4.44 Å². The molecule has 2 aliphatic carbocycles. The highest BCUT2D eigenvalue weighted by atomic mass is 19.2. The summed E-state index contributed by atoms with van der Waals surface area (Å²) < 4.78 is 294. The van der Waals surface area contributed by atoms with Gasteiger partial charge in [-0.2, -0.15) is 0 Å². The maximum Gasteiger partial charge on any atom is 0.200 e. The third-order valence-electron chi connectivity index (χ3n) is 13.8. The average Bonchev–Trinajstić information content (AvgIpc) is 3.26. The number of hydrogen-bond donors (Lipinski definition) is 1. The van der Waals surface area contributed by atoms with Crippen LogP contribution in [-0.2, 0) is 0 Å². The van der Waals surface area contributed by atoms with E-state index in [1.807, 2.05) is 4.90 Å². The van der Waals surface area contributed by atoms with Crippen molar-refractivity contribution in [3.8, 4) is 0 Å². The highest BCUT2D eigenvalue weighted by Crippen LogP contribution is 2.37. The highest BCUT2D eigenvalue weighted by molar-refractivity contribution is 7.20. The Morgan fingerprint density at radius 3 is 0.719 bits per heavy atom. The molecule has 0 amide bonds. The third-order valence-corrected chi connectivity index (χ3v) is 13.8. The molecule has 0 heterocycles. The Labute approximate surface area is 352 Å². The van der Waals surface area contributed by atoms with Crippen molar-refractivity contribution in [1.29, 1.82) is 0 Å². The molecule has 1 nitrogen and oxygen atoms in total. The van der Waals surface area contributed by atoms with Crippen LogP contribution in [0.1, 0.15) is 86.0 Å². The average molecular weight is 946 g/mol. The Morgan fingerprint density at radius 2 is 0.547 bits per heavy atom. The highest BCUT2D eigenvalue weighted by Gasteiger charge is 2.54. The van der Waals surface area contributed by atoms with Crippen LogP contribution in [0.3, 0.4) is 0 Å². The van der Waals surface area contributed by atoms with E-state index in [0.717, 1.165) is 11.8 Å². The maximum absolute atomic E-state index is 15.4. The molecule has 6 rings (SSSR count).